The smallest absolute Gasteiger partial charge is 0.320 e. The molecule has 0 radical (unpaired) electrons. The summed E-state index contributed by atoms with van der Waals surface area (Å²) in [4.78, 5) is 10.7. The van der Waals surface area contributed by atoms with Crippen molar-refractivity contribution in [2.75, 3.05) is 7.11 Å². The third-order valence-electron chi connectivity index (χ3n) is 3.08. The quantitative estimate of drug-likeness (QED) is 0.781. The molecule has 0 amide bonds. The molecule has 8 heteroatoms. The Morgan fingerprint density at radius 3 is 2.70 bits per heavy atom. The lowest BCUT2D eigenvalue weighted by molar-refractivity contribution is -0.138. The van der Waals surface area contributed by atoms with Crippen LogP contribution in [-0.2, 0) is 11.2 Å². The van der Waals surface area contributed by atoms with Gasteiger partial charge in [0, 0.05) is 17.7 Å². The summed E-state index contributed by atoms with van der Waals surface area (Å²) in [5.41, 5.74) is 5.28. The number of halogens is 2. The number of aromatic nitrogens is 2. The second kappa shape index (κ2) is 5.04. The fourth-order valence-corrected chi connectivity index (χ4v) is 2.03. The first-order valence-electron chi connectivity index (χ1n) is 5.75. The maximum Gasteiger partial charge on any atom is 0.320 e. The average Bonchev–Trinajstić information content (AvgIpc) is 2.81. The molecule has 1 aromatic heterocycles. The van der Waals surface area contributed by atoms with Crippen molar-refractivity contribution in [2.24, 2.45) is 5.73 Å². The fraction of sp³-hybridized carbons (Fsp3) is 0.333. The van der Waals surface area contributed by atoms with E-state index >= 15 is 0 Å². The maximum absolute atomic E-state index is 14.3. The van der Waals surface area contributed by atoms with Gasteiger partial charge in [0.05, 0.1) is 12.5 Å². The zero-order chi connectivity index (χ0) is 15.0. The Kier molecular flexibility index (Phi) is 3.58. The van der Waals surface area contributed by atoms with Crippen LogP contribution in [0.3, 0.4) is 0 Å². The summed E-state index contributed by atoms with van der Waals surface area (Å²) in [6, 6.07) is -1.23. The first kappa shape index (κ1) is 14.2. The predicted octanol–water partition coefficient (Wildman–Crippen LogP) is 1.11. The summed E-state index contributed by atoms with van der Waals surface area (Å²) in [7, 11) is 1.23. The van der Waals surface area contributed by atoms with Crippen molar-refractivity contribution in [1.29, 1.82) is 0 Å². The van der Waals surface area contributed by atoms with Crippen LogP contribution in [0.2, 0.25) is 0 Å². The number of aliphatic carboxylic acids is 1. The fourth-order valence-electron chi connectivity index (χ4n) is 2.03. The van der Waals surface area contributed by atoms with Gasteiger partial charge < -0.3 is 15.6 Å². The van der Waals surface area contributed by atoms with E-state index < -0.39 is 23.6 Å². The van der Waals surface area contributed by atoms with Crippen LogP contribution < -0.4 is 10.5 Å². The molecule has 20 heavy (non-hydrogen) atoms. The highest BCUT2D eigenvalue weighted by Crippen LogP contribution is 2.33. The van der Waals surface area contributed by atoms with E-state index in [0.29, 0.717) is 0 Å². The molecular weight excluding hydrogens is 272 g/mol. The van der Waals surface area contributed by atoms with E-state index in [1.165, 1.54) is 14.0 Å². The number of nitrogens with zero attached hydrogens (tertiary/aromatic N) is 1. The molecule has 0 bridgehead atoms. The van der Waals surface area contributed by atoms with Gasteiger partial charge in [-0.15, -0.1) is 0 Å². The number of fused-ring (bicyclic) bond motifs is 1. The second-order valence-electron chi connectivity index (χ2n) is 4.36. The van der Waals surface area contributed by atoms with E-state index in [-0.39, 0.29) is 34.3 Å². The van der Waals surface area contributed by atoms with Gasteiger partial charge in [-0.25, -0.2) is 8.78 Å². The molecule has 0 saturated carbocycles. The topological polar surface area (TPSA) is 101 Å². The summed E-state index contributed by atoms with van der Waals surface area (Å²) >= 11 is 0. The van der Waals surface area contributed by atoms with E-state index in [9.17, 15) is 13.6 Å². The van der Waals surface area contributed by atoms with Gasteiger partial charge in [0.15, 0.2) is 11.6 Å². The summed E-state index contributed by atoms with van der Waals surface area (Å²) in [5, 5.41) is 14.8. The molecule has 6 nitrogen and oxygen atoms in total. The molecule has 1 heterocycles. The van der Waals surface area contributed by atoms with Crippen LogP contribution >= 0.6 is 0 Å². The molecule has 108 valence electrons. The van der Waals surface area contributed by atoms with E-state index in [4.69, 9.17) is 15.6 Å². The van der Waals surface area contributed by atoms with Crippen molar-refractivity contribution in [2.45, 2.75) is 19.4 Å². The highest BCUT2D eigenvalue weighted by atomic mass is 19.1. The molecule has 0 saturated heterocycles. The number of methoxy groups -OCH3 is 1. The van der Waals surface area contributed by atoms with Crippen molar-refractivity contribution in [3.8, 4) is 5.75 Å². The average molecular weight is 285 g/mol. The van der Waals surface area contributed by atoms with E-state index in [1.807, 2.05) is 0 Å². The lowest BCUT2D eigenvalue weighted by Crippen LogP contribution is -2.32. The summed E-state index contributed by atoms with van der Waals surface area (Å²) < 4.78 is 33.2. The molecule has 0 aliphatic rings. The lowest BCUT2D eigenvalue weighted by atomic mass is 10.0. The van der Waals surface area contributed by atoms with Gasteiger partial charge in [-0.1, -0.05) is 0 Å². The lowest BCUT2D eigenvalue weighted by Gasteiger charge is -2.09. The van der Waals surface area contributed by atoms with Crippen LogP contribution in [0.4, 0.5) is 8.78 Å². The zero-order valence-corrected chi connectivity index (χ0v) is 10.8. The van der Waals surface area contributed by atoms with Gasteiger partial charge >= 0.3 is 5.97 Å². The second-order valence-corrected chi connectivity index (χ2v) is 4.36. The van der Waals surface area contributed by atoms with E-state index in [2.05, 4.69) is 10.2 Å². The number of benzene rings is 1. The SMILES string of the molecule is COc1c(C)c(F)c2c(CC(N)C(=O)O)[nH]nc2c1F. The number of aromatic amines is 1. The van der Waals surface area contributed by atoms with Crippen LogP contribution in [-0.4, -0.2) is 34.4 Å². The van der Waals surface area contributed by atoms with Crippen molar-refractivity contribution >= 4 is 16.9 Å². The Bertz CT molecular complexity index is 684. The Morgan fingerprint density at radius 1 is 1.50 bits per heavy atom. The van der Waals surface area contributed by atoms with Crippen LogP contribution in [0, 0.1) is 18.6 Å². The molecule has 0 aliphatic heterocycles. The minimum absolute atomic E-state index is 0.0101. The number of carbonyl (C=O) groups is 1. The third-order valence-corrected chi connectivity index (χ3v) is 3.08. The van der Waals surface area contributed by atoms with Gasteiger partial charge in [-0.05, 0) is 6.92 Å². The molecule has 0 fully saturated rings. The first-order valence-corrected chi connectivity index (χ1v) is 5.75. The number of hydrogen-bond donors (Lipinski definition) is 3. The van der Waals surface area contributed by atoms with Crippen molar-refractivity contribution in [3.05, 3.63) is 22.9 Å². The Balaban J connectivity index is 2.64. The third kappa shape index (κ3) is 2.07. The number of carboxylic acid groups (broad SMARTS) is 1. The Hall–Kier alpha value is -2.22. The molecular formula is C12H13F2N3O3. The van der Waals surface area contributed by atoms with Gasteiger partial charge in [0.2, 0.25) is 0 Å². The molecule has 0 aliphatic carbocycles. The zero-order valence-electron chi connectivity index (χ0n) is 10.8. The molecule has 2 aromatic rings. The summed E-state index contributed by atoms with van der Waals surface area (Å²) in [6.07, 6.45) is -0.187. The number of H-pyrrole nitrogens is 1. The number of hydrogen-bond acceptors (Lipinski definition) is 4. The van der Waals surface area contributed by atoms with Crippen LogP contribution in [0.1, 0.15) is 11.3 Å². The van der Waals surface area contributed by atoms with Gasteiger partial charge in [0.1, 0.15) is 17.4 Å². The monoisotopic (exact) mass is 285 g/mol. The van der Waals surface area contributed by atoms with E-state index in [0.717, 1.165) is 0 Å². The molecule has 0 spiro atoms. The standard InChI is InChI=1S/C12H13F2N3O3/c1-4-8(13)7-6(3-5(15)12(18)19)16-17-10(7)9(14)11(4)20-2/h5H,3,15H2,1-2H3,(H,16,17)(H,18,19). The number of ether oxygens (including phenoxy) is 1. The van der Waals surface area contributed by atoms with E-state index in [1.54, 1.807) is 0 Å². The van der Waals surface area contributed by atoms with Crippen molar-refractivity contribution < 1.29 is 23.4 Å². The largest absolute Gasteiger partial charge is 0.493 e. The molecule has 4 N–H and O–H groups in total. The normalized spacial score (nSPS) is 12.7. The summed E-state index contributed by atoms with van der Waals surface area (Å²) in [6.45, 7) is 1.37. The minimum Gasteiger partial charge on any atom is -0.493 e. The summed E-state index contributed by atoms with van der Waals surface area (Å²) in [5.74, 6) is -2.97. The predicted molar refractivity (Wildman–Crippen MR) is 66.6 cm³/mol. The number of nitrogens with one attached hydrogen (secondary N) is 1. The molecule has 1 aromatic carbocycles. The van der Waals surface area contributed by atoms with Crippen molar-refractivity contribution in [1.82, 2.24) is 10.2 Å². The number of nitrogens with two attached hydrogens (primary N) is 1. The molecule has 1 unspecified atom stereocenters. The molecule has 1 atom stereocenters. The van der Waals surface area contributed by atoms with Crippen LogP contribution in [0.5, 0.6) is 5.75 Å². The number of carboxylic acids is 1. The van der Waals surface area contributed by atoms with Gasteiger partial charge in [0.25, 0.3) is 0 Å². The van der Waals surface area contributed by atoms with Crippen molar-refractivity contribution in [3.63, 3.8) is 0 Å². The first-order chi connectivity index (χ1) is 9.38. The van der Waals surface area contributed by atoms with Gasteiger partial charge in [-0.3, -0.25) is 9.89 Å². The highest BCUT2D eigenvalue weighted by molar-refractivity contribution is 5.86. The highest BCUT2D eigenvalue weighted by Gasteiger charge is 2.24. The maximum atomic E-state index is 14.3. The Labute approximate surface area is 112 Å². The Morgan fingerprint density at radius 2 is 2.15 bits per heavy atom. The minimum atomic E-state index is -1.24. The van der Waals surface area contributed by atoms with Crippen LogP contribution in [0.25, 0.3) is 10.9 Å². The van der Waals surface area contributed by atoms with Crippen LogP contribution in [0.15, 0.2) is 0 Å². The van der Waals surface area contributed by atoms with Gasteiger partial charge in [-0.2, -0.15) is 5.10 Å². The number of rotatable bonds is 4. The molecule has 2 rings (SSSR count).